The Hall–Kier alpha value is -0.460. The zero-order valence-corrected chi connectivity index (χ0v) is 13.7. The molecule has 1 aromatic carbocycles. The summed E-state index contributed by atoms with van der Waals surface area (Å²) in [7, 11) is -3.17. The zero-order chi connectivity index (χ0) is 14.2. The van der Waals surface area contributed by atoms with Gasteiger partial charge in [0.15, 0.2) is 21.3 Å². The van der Waals surface area contributed by atoms with Crippen LogP contribution in [0.2, 0.25) is 5.02 Å². The quantitative estimate of drug-likeness (QED) is 0.769. The van der Waals surface area contributed by atoms with Crippen molar-refractivity contribution in [2.24, 2.45) is 0 Å². The Labute approximate surface area is 126 Å². The number of sulfone groups is 1. The molecule has 0 N–H and O–H groups in total. The molecule has 1 aromatic rings. The van der Waals surface area contributed by atoms with Crippen molar-refractivity contribution in [3.8, 4) is 11.5 Å². The van der Waals surface area contributed by atoms with Crippen LogP contribution in [0.3, 0.4) is 0 Å². The lowest BCUT2D eigenvalue weighted by molar-refractivity contribution is 0.171. The van der Waals surface area contributed by atoms with E-state index in [2.05, 4.69) is 15.9 Å². The predicted molar refractivity (Wildman–Crippen MR) is 78.4 cm³/mol. The van der Waals surface area contributed by atoms with E-state index in [1.165, 1.54) is 6.26 Å². The molecule has 0 amide bonds. The maximum Gasteiger partial charge on any atom is 0.162 e. The van der Waals surface area contributed by atoms with Gasteiger partial charge >= 0.3 is 0 Å². The fourth-order valence-corrected chi connectivity index (χ4v) is 4.30. The molecule has 0 spiro atoms. The smallest absolute Gasteiger partial charge is 0.162 e. The maximum absolute atomic E-state index is 11.6. The summed E-state index contributed by atoms with van der Waals surface area (Å²) >= 11 is 9.60. The van der Waals surface area contributed by atoms with Crippen molar-refractivity contribution < 1.29 is 17.9 Å². The Bertz CT molecular complexity index is 588. The third kappa shape index (κ3) is 3.17. The molecule has 2 unspecified atom stereocenters. The van der Waals surface area contributed by atoms with E-state index >= 15 is 0 Å². The van der Waals surface area contributed by atoms with E-state index in [9.17, 15) is 8.42 Å². The van der Waals surface area contributed by atoms with Gasteiger partial charge < -0.3 is 9.47 Å². The Kier molecular flexibility index (Phi) is 4.32. The molecule has 2 atom stereocenters. The summed E-state index contributed by atoms with van der Waals surface area (Å²) in [5, 5.41) is -0.130. The average molecular weight is 370 g/mol. The van der Waals surface area contributed by atoms with Gasteiger partial charge in [-0.3, -0.25) is 0 Å². The topological polar surface area (TPSA) is 52.6 Å². The standard InChI is InChI=1S/C12H14BrClO4S/c1-7(19(2,15)16)12(13)8-5-10-11(6-9(8)14)18-4-3-17-10/h5-7,12H,3-4H2,1-2H3. The van der Waals surface area contributed by atoms with Crippen LogP contribution in [0.25, 0.3) is 0 Å². The van der Waals surface area contributed by atoms with Crippen LogP contribution < -0.4 is 9.47 Å². The highest BCUT2D eigenvalue weighted by Crippen LogP contribution is 2.42. The summed E-state index contributed by atoms with van der Waals surface area (Å²) in [6.07, 6.45) is 1.21. The molecule has 0 radical (unpaired) electrons. The van der Waals surface area contributed by atoms with Gasteiger partial charge in [-0.2, -0.15) is 0 Å². The molecule has 2 rings (SSSR count). The van der Waals surface area contributed by atoms with E-state index in [1.54, 1.807) is 19.1 Å². The maximum atomic E-state index is 11.6. The molecule has 7 heteroatoms. The summed E-state index contributed by atoms with van der Waals surface area (Å²) in [6, 6.07) is 3.40. The number of hydrogen-bond donors (Lipinski definition) is 0. The van der Waals surface area contributed by atoms with E-state index in [0.29, 0.717) is 35.3 Å². The number of benzene rings is 1. The van der Waals surface area contributed by atoms with Crippen molar-refractivity contribution in [1.29, 1.82) is 0 Å². The van der Waals surface area contributed by atoms with Gasteiger partial charge in [-0.05, 0) is 18.6 Å². The van der Waals surface area contributed by atoms with Gasteiger partial charge in [0.25, 0.3) is 0 Å². The summed E-state index contributed by atoms with van der Waals surface area (Å²) in [4.78, 5) is -0.397. The van der Waals surface area contributed by atoms with Gasteiger partial charge in [-0.25, -0.2) is 8.42 Å². The van der Waals surface area contributed by atoms with Crippen LogP contribution in [0, 0.1) is 0 Å². The Morgan fingerprint density at radius 2 is 1.79 bits per heavy atom. The third-order valence-corrected chi connectivity index (χ3v) is 6.63. The van der Waals surface area contributed by atoms with Crippen LogP contribution in [-0.2, 0) is 9.84 Å². The molecule has 0 bridgehead atoms. The van der Waals surface area contributed by atoms with Gasteiger partial charge in [-0.15, -0.1) is 0 Å². The van der Waals surface area contributed by atoms with E-state index in [1.807, 2.05) is 0 Å². The monoisotopic (exact) mass is 368 g/mol. The van der Waals surface area contributed by atoms with Crippen molar-refractivity contribution in [3.05, 3.63) is 22.7 Å². The number of ether oxygens (including phenoxy) is 2. The minimum absolute atomic E-state index is 0.397. The lowest BCUT2D eigenvalue weighted by atomic mass is 10.1. The SMILES string of the molecule is CC(C(Br)c1cc2c(cc1Cl)OCCO2)S(C)(=O)=O. The van der Waals surface area contributed by atoms with E-state index in [0.717, 1.165) is 0 Å². The molecular weight excluding hydrogens is 356 g/mol. The van der Waals surface area contributed by atoms with Crippen molar-refractivity contribution in [2.45, 2.75) is 17.0 Å². The first-order valence-electron chi connectivity index (χ1n) is 5.72. The summed E-state index contributed by atoms with van der Waals surface area (Å²) in [5.74, 6) is 1.18. The van der Waals surface area contributed by atoms with Crippen molar-refractivity contribution >= 4 is 37.4 Å². The fraction of sp³-hybridized carbons (Fsp3) is 0.500. The first-order valence-corrected chi connectivity index (χ1v) is 8.97. The molecule has 0 fully saturated rings. The number of halogens is 2. The highest BCUT2D eigenvalue weighted by atomic mass is 79.9. The van der Waals surface area contributed by atoms with Gasteiger partial charge in [0, 0.05) is 17.3 Å². The molecule has 1 aliphatic heterocycles. The second-order valence-electron chi connectivity index (χ2n) is 4.45. The molecule has 1 aliphatic rings. The van der Waals surface area contributed by atoms with Crippen LogP contribution in [-0.4, -0.2) is 33.1 Å². The Balaban J connectivity index is 2.40. The lowest BCUT2D eigenvalue weighted by Gasteiger charge is -2.23. The largest absolute Gasteiger partial charge is 0.486 e. The predicted octanol–water partition coefficient (Wildman–Crippen LogP) is 2.98. The average Bonchev–Trinajstić information content (AvgIpc) is 2.35. The second-order valence-corrected chi connectivity index (χ2v) is 8.25. The van der Waals surface area contributed by atoms with Crippen LogP contribution in [0.5, 0.6) is 11.5 Å². The lowest BCUT2D eigenvalue weighted by Crippen LogP contribution is -2.21. The minimum Gasteiger partial charge on any atom is -0.486 e. The minimum atomic E-state index is -3.17. The Morgan fingerprint density at radius 3 is 2.32 bits per heavy atom. The van der Waals surface area contributed by atoms with E-state index < -0.39 is 19.9 Å². The highest BCUT2D eigenvalue weighted by molar-refractivity contribution is 9.09. The molecule has 0 aliphatic carbocycles. The summed E-state index contributed by atoms with van der Waals surface area (Å²) < 4.78 is 34.1. The summed E-state index contributed by atoms with van der Waals surface area (Å²) in [5.41, 5.74) is 0.684. The first kappa shape index (κ1) is 14.9. The number of fused-ring (bicyclic) bond motifs is 1. The van der Waals surface area contributed by atoms with Crippen molar-refractivity contribution in [2.75, 3.05) is 19.5 Å². The number of rotatable bonds is 3. The van der Waals surface area contributed by atoms with Gasteiger partial charge in [-0.1, -0.05) is 27.5 Å². The highest BCUT2D eigenvalue weighted by Gasteiger charge is 2.28. The normalized spacial score (nSPS) is 17.9. The summed E-state index contributed by atoms with van der Waals surface area (Å²) in [6.45, 7) is 2.60. The molecule has 0 saturated heterocycles. The van der Waals surface area contributed by atoms with E-state index in [-0.39, 0.29) is 0 Å². The number of alkyl halides is 1. The third-order valence-electron chi connectivity index (χ3n) is 3.05. The van der Waals surface area contributed by atoms with Gasteiger partial charge in [0.1, 0.15) is 13.2 Å². The van der Waals surface area contributed by atoms with Gasteiger partial charge in [0.05, 0.1) is 10.1 Å². The molecular formula is C12H14BrClO4S. The van der Waals surface area contributed by atoms with Crippen LogP contribution in [0.1, 0.15) is 17.3 Å². The van der Waals surface area contributed by atoms with Crippen LogP contribution in [0.4, 0.5) is 0 Å². The molecule has 0 saturated carbocycles. The van der Waals surface area contributed by atoms with Gasteiger partial charge in [0.2, 0.25) is 0 Å². The molecule has 4 nitrogen and oxygen atoms in total. The van der Waals surface area contributed by atoms with Crippen LogP contribution >= 0.6 is 27.5 Å². The van der Waals surface area contributed by atoms with Crippen molar-refractivity contribution in [1.82, 2.24) is 0 Å². The van der Waals surface area contributed by atoms with Crippen molar-refractivity contribution in [3.63, 3.8) is 0 Å². The fourth-order valence-electron chi connectivity index (χ4n) is 1.76. The Morgan fingerprint density at radius 1 is 1.26 bits per heavy atom. The molecule has 0 aromatic heterocycles. The molecule has 1 heterocycles. The van der Waals surface area contributed by atoms with Crippen LogP contribution in [0.15, 0.2) is 12.1 Å². The second kappa shape index (κ2) is 5.50. The number of hydrogen-bond acceptors (Lipinski definition) is 4. The zero-order valence-electron chi connectivity index (χ0n) is 10.5. The van der Waals surface area contributed by atoms with E-state index in [4.69, 9.17) is 21.1 Å². The molecule has 106 valence electrons. The molecule has 19 heavy (non-hydrogen) atoms. The first-order chi connectivity index (χ1) is 8.80.